The summed E-state index contributed by atoms with van der Waals surface area (Å²) in [5.74, 6) is -0.190. The average Bonchev–Trinajstić information content (AvgIpc) is 2.27. The molecule has 0 radical (unpaired) electrons. The first-order valence-corrected chi connectivity index (χ1v) is 3.61. The minimum Gasteiger partial charge on any atom is -0.278 e. The van der Waals surface area contributed by atoms with E-state index in [1.165, 1.54) is 12.1 Å². The molecule has 1 aliphatic rings. The van der Waals surface area contributed by atoms with Crippen LogP contribution < -0.4 is 10.6 Å². The summed E-state index contributed by atoms with van der Waals surface area (Å²) in [6, 6.07) is 4.87. The van der Waals surface area contributed by atoms with Crippen molar-refractivity contribution in [3.8, 4) is 0 Å². The number of halogens is 1. The maximum absolute atomic E-state index is 12.6. The van der Waals surface area contributed by atoms with E-state index in [4.69, 9.17) is 0 Å². The Morgan fingerprint density at radius 1 is 1.45 bits per heavy atom. The Bertz CT molecular complexity index is 395. The zero-order valence-electron chi connectivity index (χ0n) is 6.21. The van der Waals surface area contributed by atoms with Gasteiger partial charge in [-0.05, 0) is 25.1 Å². The first-order valence-electron chi connectivity index (χ1n) is 3.61. The van der Waals surface area contributed by atoms with Crippen LogP contribution in [0.25, 0.3) is 6.08 Å². The van der Waals surface area contributed by atoms with Crippen LogP contribution in [-0.4, -0.2) is 6.04 Å². The fraction of sp³-hybridized carbons (Fsp3) is 0.222. The normalized spacial score (nSPS) is 20.4. The fourth-order valence-electron chi connectivity index (χ4n) is 1.29. The molecule has 0 N–H and O–H groups in total. The van der Waals surface area contributed by atoms with Gasteiger partial charge in [0.05, 0.1) is 11.4 Å². The maximum Gasteiger partial charge on any atom is 0.123 e. The number of nitrogens with zero attached hydrogens (tertiary/aromatic N) is 1. The van der Waals surface area contributed by atoms with Crippen LogP contribution in [0.2, 0.25) is 0 Å². The van der Waals surface area contributed by atoms with Gasteiger partial charge < -0.3 is 0 Å². The summed E-state index contributed by atoms with van der Waals surface area (Å²) in [4.78, 5) is 4.27. The fourth-order valence-corrected chi connectivity index (χ4v) is 1.29. The molecule has 0 aliphatic carbocycles. The number of hydrogen-bond acceptors (Lipinski definition) is 1. The van der Waals surface area contributed by atoms with Crippen molar-refractivity contribution < 1.29 is 4.39 Å². The molecule has 56 valence electrons. The molecule has 1 heterocycles. The summed E-state index contributed by atoms with van der Waals surface area (Å²) in [5.41, 5.74) is 0. The maximum atomic E-state index is 12.6. The Hall–Kier alpha value is -1.18. The summed E-state index contributed by atoms with van der Waals surface area (Å²) in [7, 11) is 0. The average molecular weight is 149 g/mol. The SMILES string of the molecule is CC1C=c2cc(F)ccc2=N1. The Labute approximate surface area is 63.9 Å². The molecule has 0 aromatic heterocycles. The highest BCUT2D eigenvalue weighted by molar-refractivity contribution is 5.33. The highest BCUT2D eigenvalue weighted by Gasteiger charge is 2.01. The predicted molar refractivity (Wildman–Crippen MR) is 41.1 cm³/mol. The van der Waals surface area contributed by atoms with Gasteiger partial charge in [0.2, 0.25) is 0 Å². The van der Waals surface area contributed by atoms with E-state index < -0.39 is 0 Å². The van der Waals surface area contributed by atoms with Gasteiger partial charge in [0, 0.05) is 5.22 Å². The third-order valence-corrected chi connectivity index (χ3v) is 1.75. The Morgan fingerprint density at radius 2 is 2.27 bits per heavy atom. The topological polar surface area (TPSA) is 12.4 Å². The zero-order valence-corrected chi connectivity index (χ0v) is 6.21. The van der Waals surface area contributed by atoms with Gasteiger partial charge in [-0.2, -0.15) is 0 Å². The minimum atomic E-state index is -0.190. The molecular formula is C9H8FN. The van der Waals surface area contributed by atoms with Crippen LogP contribution in [0.5, 0.6) is 0 Å². The van der Waals surface area contributed by atoms with E-state index in [-0.39, 0.29) is 11.9 Å². The van der Waals surface area contributed by atoms with Gasteiger partial charge in [0.15, 0.2) is 0 Å². The first-order chi connectivity index (χ1) is 5.25. The molecule has 0 amide bonds. The number of hydrogen-bond donors (Lipinski definition) is 0. The molecule has 1 atom stereocenters. The molecule has 0 saturated heterocycles. The van der Waals surface area contributed by atoms with E-state index in [1.54, 1.807) is 6.07 Å². The van der Waals surface area contributed by atoms with Gasteiger partial charge in [0.1, 0.15) is 5.82 Å². The largest absolute Gasteiger partial charge is 0.278 e. The van der Waals surface area contributed by atoms with Gasteiger partial charge in [-0.15, -0.1) is 0 Å². The van der Waals surface area contributed by atoms with Crippen molar-refractivity contribution in [3.63, 3.8) is 0 Å². The van der Waals surface area contributed by atoms with Crippen LogP contribution in [-0.2, 0) is 0 Å². The lowest BCUT2D eigenvalue weighted by Crippen LogP contribution is -2.20. The van der Waals surface area contributed by atoms with E-state index in [1.807, 2.05) is 13.0 Å². The third-order valence-electron chi connectivity index (χ3n) is 1.75. The molecule has 1 aromatic rings. The second-order valence-electron chi connectivity index (χ2n) is 2.74. The smallest absolute Gasteiger partial charge is 0.123 e. The van der Waals surface area contributed by atoms with Crippen LogP contribution in [0.1, 0.15) is 6.92 Å². The van der Waals surface area contributed by atoms with Crippen molar-refractivity contribution in [2.45, 2.75) is 13.0 Å². The van der Waals surface area contributed by atoms with Crippen molar-refractivity contribution in [1.82, 2.24) is 0 Å². The van der Waals surface area contributed by atoms with Gasteiger partial charge in [0.25, 0.3) is 0 Å². The van der Waals surface area contributed by atoms with E-state index in [0.29, 0.717) is 0 Å². The summed E-state index contributed by atoms with van der Waals surface area (Å²) in [5, 5.41) is 1.82. The lowest BCUT2D eigenvalue weighted by atomic mass is 10.2. The summed E-state index contributed by atoms with van der Waals surface area (Å²) in [6.07, 6.45) is 1.96. The van der Waals surface area contributed by atoms with Crippen molar-refractivity contribution in [3.05, 3.63) is 34.6 Å². The Kier molecular flexibility index (Phi) is 1.28. The van der Waals surface area contributed by atoms with Gasteiger partial charge >= 0.3 is 0 Å². The van der Waals surface area contributed by atoms with Crippen molar-refractivity contribution in [1.29, 1.82) is 0 Å². The van der Waals surface area contributed by atoms with Crippen molar-refractivity contribution in [2.24, 2.45) is 4.99 Å². The van der Waals surface area contributed by atoms with Gasteiger partial charge in [-0.25, -0.2) is 4.39 Å². The molecular weight excluding hydrogens is 141 g/mol. The minimum absolute atomic E-state index is 0.190. The van der Waals surface area contributed by atoms with Crippen LogP contribution in [0.4, 0.5) is 4.39 Å². The molecule has 2 rings (SSSR count). The molecule has 0 saturated carbocycles. The van der Waals surface area contributed by atoms with Crippen LogP contribution in [0.15, 0.2) is 23.2 Å². The first kappa shape index (κ1) is 6.53. The summed E-state index contributed by atoms with van der Waals surface area (Å²) >= 11 is 0. The van der Waals surface area contributed by atoms with E-state index in [9.17, 15) is 4.39 Å². The number of fused-ring (bicyclic) bond motifs is 1. The quantitative estimate of drug-likeness (QED) is 0.513. The highest BCUT2D eigenvalue weighted by Crippen LogP contribution is 1.95. The summed E-state index contributed by atoms with van der Waals surface area (Å²) < 4.78 is 12.6. The zero-order chi connectivity index (χ0) is 7.84. The number of rotatable bonds is 0. The lowest BCUT2D eigenvalue weighted by Gasteiger charge is -1.86. The molecule has 0 bridgehead atoms. The molecule has 0 fully saturated rings. The monoisotopic (exact) mass is 149 g/mol. The molecule has 1 aliphatic heterocycles. The predicted octanol–water partition coefficient (Wildman–Crippen LogP) is 0.628. The van der Waals surface area contributed by atoms with Gasteiger partial charge in [-0.3, -0.25) is 4.99 Å². The standard InChI is InChI=1S/C9H8FN/c1-6-4-7-5-8(10)2-3-9(7)11-6/h2-6H,1H3. The molecule has 0 spiro atoms. The van der Waals surface area contributed by atoms with Crippen LogP contribution >= 0.6 is 0 Å². The van der Waals surface area contributed by atoms with E-state index in [2.05, 4.69) is 4.99 Å². The Balaban J connectivity index is 2.78. The van der Waals surface area contributed by atoms with Crippen LogP contribution in [0, 0.1) is 5.82 Å². The van der Waals surface area contributed by atoms with E-state index >= 15 is 0 Å². The molecule has 1 aromatic carbocycles. The summed E-state index contributed by atoms with van der Waals surface area (Å²) in [6.45, 7) is 1.98. The highest BCUT2D eigenvalue weighted by atomic mass is 19.1. The van der Waals surface area contributed by atoms with E-state index in [0.717, 1.165) is 10.6 Å². The van der Waals surface area contributed by atoms with Crippen LogP contribution in [0.3, 0.4) is 0 Å². The molecule has 2 heteroatoms. The van der Waals surface area contributed by atoms with Gasteiger partial charge in [-0.1, -0.05) is 6.08 Å². The third kappa shape index (κ3) is 1.04. The van der Waals surface area contributed by atoms with Crippen molar-refractivity contribution in [2.75, 3.05) is 0 Å². The Morgan fingerprint density at radius 3 is 3.09 bits per heavy atom. The second-order valence-corrected chi connectivity index (χ2v) is 2.74. The molecule has 1 nitrogen and oxygen atoms in total. The second kappa shape index (κ2) is 2.16. The lowest BCUT2D eigenvalue weighted by molar-refractivity contribution is 0.626. The molecule has 1 unspecified atom stereocenters. The number of benzene rings is 1. The van der Waals surface area contributed by atoms with Crippen molar-refractivity contribution >= 4 is 6.08 Å². The molecule has 11 heavy (non-hydrogen) atoms.